The van der Waals surface area contributed by atoms with Gasteiger partial charge in [0, 0.05) is 23.3 Å². The molecule has 0 heterocycles. The van der Waals surface area contributed by atoms with Gasteiger partial charge in [-0.25, -0.2) is 8.42 Å². The molecule has 1 rings (SSSR count). The summed E-state index contributed by atoms with van der Waals surface area (Å²) in [6.45, 7) is 8.15. The molecule has 6 heteroatoms. The first-order chi connectivity index (χ1) is 9.18. The van der Waals surface area contributed by atoms with Gasteiger partial charge in [0.1, 0.15) is 0 Å². The van der Waals surface area contributed by atoms with Crippen LogP contribution < -0.4 is 0 Å². The van der Waals surface area contributed by atoms with Gasteiger partial charge in [-0.15, -0.1) is 0 Å². The number of rotatable bonds is 5. The van der Waals surface area contributed by atoms with Crippen LogP contribution >= 0.6 is 10.7 Å². The molecule has 0 bridgehead atoms. The smallest absolute Gasteiger partial charge is 0.262 e. The molecule has 0 unspecified atom stereocenters. The number of aryl methyl sites for hydroxylation is 1. The van der Waals surface area contributed by atoms with Crippen LogP contribution in [-0.2, 0) is 9.05 Å². The standard InChI is InChI=1S/C14H20ClNO3S/c1-5-8-16(10(2)3)14(17)12-9-11(4)6-7-13(12)20(15,18)19/h6-7,9-10H,5,8H2,1-4H3. The Balaban J connectivity index is 3.37. The summed E-state index contributed by atoms with van der Waals surface area (Å²) in [4.78, 5) is 14.1. The normalized spacial score (nSPS) is 11.7. The number of nitrogens with zero attached hydrogens (tertiary/aromatic N) is 1. The number of amides is 1. The molecule has 4 nitrogen and oxygen atoms in total. The van der Waals surface area contributed by atoms with Crippen molar-refractivity contribution in [2.24, 2.45) is 0 Å². The third-order valence-electron chi connectivity index (χ3n) is 2.98. The lowest BCUT2D eigenvalue weighted by atomic mass is 10.1. The molecule has 0 atom stereocenters. The van der Waals surface area contributed by atoms with Crippen LogP contribution in [0.1, 0.15) is 43.1 Å². The van der Waals surface area contributed by atoms with Gasteiger partial charge in [-0.3, -0.25) is 4.79 Å². The van der Waals surface area contributed by atoms with Crippen LogP contribution in [0, 0.1) is 6.92 Å². The van der Waals surface area contributed by atoms with Crippen molar-refractivity contribution in [3.05, 3.63) is 29.3 Å². The molecule has 0 saturated carbocycles. The maximum absolute atomic E-state index is 12.6. The maximum atomic E-state index is 12.6. The van der Waals surface area contributed by atoms with Crippen LogP contribution in [0.25, 0.3) is 0 Å². The zero-order valence-electron chi connectivity index (χ0n) is 12.2. The van der Waals surface area contributed by atoms with Gasteiger partial charge in [-0.2, -0.15) is 0 Å². The van der Waals surface area contributed by atoms with E-state index in [9.17, 15) is 13.2 Å². The second kappa shape index (κ2) is 6.59. The highest BCUT2D eigenvalue weighted by molar-refractivity contribution is 8.13. The Morgan fingerprint density at radius 1 is 1.35 bits per heavy atom. The van der Waals surface area contributed by atoms with Crippen molar-refractivity contribution >= 4 is 25.6 Å². The van der Waals surface area contributed by atoms with Crippen LogP contribution in [0.4, 0.5) is 0 Å². The number of hydrogen-bond donors (Lipinski definition) is 0. The summed E-state index contributed by atoms with van der Waals surface area (Å²) in [5.74, 6) is -0.301. The Labute approximate surface area is 125 Å². The van der Waals surface area contributed by atoms with Crippen molar-refractivity contribution < 1.29 is 13.2 Å². The Bertz CT molecular complexity index is 596. The van der Waals surface area contributed by atoms with Crippen LogP contribution in [0.5, 0.6) is 0 Å². The maximum Gasteiger partial charge on any atom is 0.262 e. The van der Waals surface area contributed by atoms with E-state index in [1.54, 1.807) is 24.0 Å². The number of carbonyl (C=O) groups is 1. The zero-order valence-corrected chi connectivity index (χ0v) is 13.8. The van der Waals surface area contributed by atoms with Gasteiger partial charge in [0.15, 0.2) is 0 Å². The molecular formula is C14H20ClNO3S. The fourth-order valence-corrected chi connectivity index (χ4v) is 3.06. The highest BCUT2D eigenvalue weighted by Gasteiger charge is 2.25. The van der Waals surface area contributed by atoms with Gasteiger partial charge in [0.2, 0.25) is 0 Å². The van der Waals surface area contributed by atoms with Gasteiger partial charge >= 0.3 is 0 Å². The highest BCUT2D eigenvalue weighted by Crippen LogP contribution is 2.23. The molecule has 1 aromatic rings. The highest BCUT2D eigenvalue weighted by atomic mass is 35.7. The van der Waals surface area contributed by atoms with Crippen LogP contribution in [-0.4, -0.2) is 31.8 Å². The molecule has 112 valence electrons. The summed E-state index contributed by atoms with van der Waals surface area (Å²) in [6.07, 6.45) is 0.804. The van der Waals surface area contributed by atoms with Crippen LogP contribution in [0.2, 0.25) is 0 Å². The first-order valence-electron chi connectivity index (χ1n) is 6.54. The zero-order chi connectivity index (χ0) is 15.5. The molecule has 0 aliphatic rings. The molecule has 0 aliphatic carbocycles. The third-order valence-corrected chi connectivity index (χ3v) is 4.36. The molecule has 20 heavy (non-hydrogen) atoms. The Morgan fingerprint density at radius 2 is 1.95 bits per heavy atom. The average Bonchev–Trinajstić information content (AvgIpc) is 2.33. The molecule has 1 aromatic carbocycles. The molecule has 0 N–H and O–H groups in total. The van der Waals surface area contributed by atoms with Gasteiger partial charge < -0.3 is 4.90 Å². The predicted molar refractivity (Wildman–Crippen MR) is 80.7 cm³/mol. The summed E-state index contributed by atoms with van der Waals surface area (Å²) < 4.78 is 23.2. The number of benzene rings is 1. The van der Waals surface area contributed by atoms with E-state index in [-0.39, 0.29) is 22.4 Å². The topological polar surface area (TPSA) is 54.5 Å². The molecule has 0 radical (unpaired) electrons. The van der Waals surface area contributed by atoms with Crippen molar-refractivity contribution in [2.75, 3.05) is 6.54 Å². The first kappa shape index (κ1) is 17.0. The minimum absolute atomic E-state index is 0.00570. The van der Waals surface area contributed by atoms with Crippen LogP contribution in [0.15, 0.2) is 23.1 Å². The molecule has 0 fully saturated rings. The number of halogens is 1. The van der Waals surface area contributed by atoms with Crippen molar-refractivity contribution in [2.45, 2.75) is 45.1 Å². The largest absolute Gasteiger partial charge is 0.336 e. The van der Waals surface area contributed by atoms with Gasteiger partial charge in [-0.05, 0) is 39.3 Å². The van der Waals surface area contributed by atoms with Crippen molar-refractivity contribution in [1.82, 2.24) is 4.90 Å². The first-order valence-corrected chi connectivity index (χ1v) is 8.85. The van der Waals surface area contributed by atoms with E-state index in [4.69, 9.17) is 10.7 Å². The number of carbonyl (C=O) groups excluding carboxylic acids is 1. The van der Waals surface area contributed by atoms with E-state index < -0.39 is 9.05 Å². The third kappa shape index (κ3) is 3.96. The molecular weight excluding hydrogens is 298 g/mol. The number of hydrogen-bond acceptors (Lipinski definition) is 3. The minimum atomic E-state index is -3.94. The molecule has 0 aromatic heterocycles. The fourth-order valence-electron chi connectivity index (χ4n) is 2.01. The summed E-state index contributed by atoms with van der Waals surface area (Å²) in [6, 6.07) is 4.58. The average molecular weight is 318 g/mol. The Kier molecular flexibility index (Phi) is 5.59. The fraction of sp³-hybridized carbons (Fsp3) is 0.500. The molecule has 0 spiro atoms. The lowest BCUT2D eigenvalue weighted by Crippen LogP contribution is -2.38. The lowest BCUT2D eigenvalue weighted by molar-refractivity contribution is 0.0702. The summed E-state index contributed by atoms with van der Waals surface area (Å²) in [7, 11) is 1.48. The van der Waals surface area contributed by atoms with Gasteiger partial charge in [-0.1, -0.05) is 18.6 Å². The monoisotopic (exact) mass is 317 g/mol. The van der Waals surface area contributed by atoms with E-state index in [2.05, 4.69) is 0 Å². The van der Waals surface area contributed by atoms with Crippen molar-refractivity contribution in [1.29, 1.82) is 0 Å². The van der Waals surface area contributed by atoms with Gasteiger partial charge in [0.05, 0.1) is 10.5 Å². The Hall–Kier alpha value is -1.07. The van der Waals surface area contributed by atoms with Gasteiger partial charge in [0.25, 0.3) is 15.0 Å². The minimum Gasteiger partial charge on any atom is -0.336 e. The molecule has 0 saturated heterocycles. The van der Waals surface area contributed by atoms with E-state index in [0.717, 1.165) is 12.0 Å². The second-order valence-corrected chi connectivity index (χ2v) is 7.56. The molecule has 0 aliphatic heterocycles. The van der Waals surface area contributed by atoms with Crippen molar-refractivity contribution in [3.63, 3.8) is 0 Å². The Morgan fingerprint density at radius 3 is 2.40 bits per heavy atom. The van der Waals surface area contributed by atoms with E-state index in [0.29, 0.717) is 6.54 Å². The van der Waals surface area contributed by atoms with E-state index >= 15 is 0 Å². The predicted octanol–water partition coefficient (Wildman–Crippen LogP) is 3.18. The summed E-state index contributed by atoms with van der Waals surface area (Å²) in [5.41, 5.74) is 0.958. The summed E-state index contributed by atoms with van der Waals surface area (Å²) in [5, 5.41) is 0. The van der Waals surface area contributed by atoms with E-state index in [1.165, 1.54) is 6.07 Å². The van der Waals surface area contributed by atoms with Crippen LogP contribution in [0.3, 0.4) is 0 Å². The quantitative estimate of drug-likeness (QED) is 0.784. The second-order valence-electron chi connectivity index (χ2n) is 5.03. The SMILES string of the molecule is CCCN(C(=O)c1cc(C)ccc1S(=O)(=O)Cl)C(C)C. The van der Waals surface area contributed by atoms with E-state index in [1.807, 2.05) is 20.8 Å². The lowest BCUT2D eigenvalue weighted by Gasteiger charge is -2.27. The summed E-state index contributed by atoms with van der Waals surface area (Å²) >= 11 is 0. The van der Waals surface area contributed by atoms with Crippen molar-refractivity contribution in [3.8, 4) is 0 Å². The molecule has 1 amide bonds.